The molecule has 0 radical (unpaired) electrons. The highest BCUT2D eigenvalue weighted by Gasteiger charge is 2.36. The summed E-state index contributed by atoms with van der Waals surface area (Å²) in [6, 6.07) is 0. The van der Waals surface area contributed by atoms with Crippen LogP contribution in [0.1, 0.15) is 0 Å². The first kappa shape index (κ1) is 8.41. The molecule has 1 aliphatic carbocycles. The van der Waals surface area contributed by atoms with Crippen LogP contribution >= 0.6 is 34.8 Å². The molecule has 0 saturated heterocycles. The van der Waals surface area contributed by atoms with Gasteiger partial charge in [-0.2, -0.15) is 0 Å². The largest absolute Gasteiger partial charge is 0.369 e. The van der Waals surface area contributed by atoms with E-state index in [4.69, 9.17) is 34.8 Å². The molecule has 56 valence electrons. The summed E-state index contributed by atoms with van der Waals surface area (Å²) >= 11 is 16.7. The van der Waals surface area contributed by atoms with Gasteiger partial charge in [0.25, 0.3) is 0 Å². The van der Waals surface area contributed by atoms with E-state index < -0.39 is 10.4 Å². The molecule has 0 amide bonds. The summed E-state index contributed by atoms with van der Waals surface area (Å²) in [4.78, 5) is 0. The number of hydrogen-bond donors (Lipinski definition) is 1. The molecule has 1 N–H and O–H groups in total. The van der Waals surface area contributed by atoms with Crippen LogP contribution in [0, 0.1) is 0 Å². The summed E-state index contributed by atoms with van der Waals surface area (Å²) in [5.74, 6) is 0. The van der Waals surface area contributed by atoms with Gasteiger partial charge >= 0.3 is 0 Å². The Kier molecular flexibility index (Phi) is 2.31. The monoisotopic (exact) mass is 198 g/mol. The maximum absolute atomic E-state index is 9.29. The Morgan fingerprint density at radius 1 is 1.60 bits per heavy atom. The van der Waals surface area contributed by atoms with Crippen LogP contribution in [-0.4, -0.2) is 15.5 Å². The van der Waals surface area contributed by atoms with E-state index in [-0.39, 0.29) is 5.03 Å². The lowest BCUT2D eigenvalue weighted by Crippen LogP contribution is -2.33. The average molecular weight is 199 g/mol. The second-order valence-electron chi connectivity index (χ2n) is 1.97. The summed E-state index contributed by atoms with van der Waals surface area (Å²) < 4.78 is 0. The van der Waals surface area contributed by atoms with Gasteiger partial charge in [0.2, 0.25) is 0 Å². The van der Waals surface area contributed by atoms with E-state index in [1.807, 2.05) is 0 Å². The van der Waals surface area contributed by atoms with Gasteiger partial charge in [0.1, 0.15) is 5.38 Å². The first-order chi connectivity index (χ1) is 4.55. The molecule has 0 heterocycles. The molecule has 0 aromatic carbocycles. The van der Waals surface area contributed by atoms with E-state index in [0.717, 1.165) is 0 Å². The lowest BCUT2D eigenvalue weighted by atomic mass is 10.1. The van der Waals surface area contributed by atoms with Gasteiger partial charge in [0.15, 0.2) is 5.06 Å². The zero-order chi connectivity index (χ0) is 7.78. The minimum Gasteiger partial charge on any atom is -0.369 e. The smallest absolute Gasteiger partial charge is 0.195 e. The predicted molar refractivity (Wildman–Crippen MR) is 43.5 cm³/mol. The number of allylic oxidation sites excluding steroid dienone is 2. The van der Waals surface area contributed by atoms with Crippen LogP contribution in [-0.2, 0) is 0 Å². The van der Waals surface area contributed by atoms with E-state index in [2.05, 4.69) is 0 Å². The standard InChI is InChI=1S/C6H5Cl3O/c7-4-2-1-3-5(8)6(4,9)10/h1-4,10H/t4-,6-/m0/s1. The zero-order valence-corrected chi connectivity index (χ0v) is 7.16. The summed E-state index contributed by atoms with van der Waals surface area (Å²) in [6.45, 7) is 0. The molecule has 0 saturated carbocycles. The Labute approximate surface area is 73.9 Å². The van der Waals surface area contributed by atoms with Crippen molar-refractivity contribution in [3.63, 3.8) is 0 Å². The first-order valence-electron chi connectivity index (χ1n) is 2.65. The predicted octanol–water partition coefficient (Wildman–Crippen LogP) is 2.21. The summed E-state index contributed by atoms with van der Waals surface area (Å²) in [5.41, 5.74) is 0. The second kappa shape index (κ2) is 2.74. The van der Waals surface area contributed by atoms with Crippen molar-refractivity contribution in [3.8, 4) is 0 Å². The van der Waals surface area contributed by atoms with Gasteiger partial charge in [-0.15, -0.1) is 11.6 Å². The molecule has 1 aliphatic rings. The van der Waals surface area contributed by atoms with Crippen LogP contribution < -0.4 is 0 Å². The summed E-state index contributed by atoms with van der Waals surface area (Å²) in [6.07, 6.45) is 4.73. The van der Waals surface area contributed by atoms with E-state index >= 15 is 0 Å². The number of alkyl halides is 2. The normalized spacial score (nSPS) is 39.6. The van der Waals surface area contributed by atoms with Crippen LogP contribution in [0.15, 0.2) is 23.3 Å². The fourth-order valence-electron chi connectivity index (χ4n) is 0.614. The first-order valence-corrected chi connectivity index (χ1v) is 3.84. The van der Waals surface area contributed by atoms with Gasteiger partial charge in [0, 0.05) is 0 Å². The molecule has 0 fully saturated rings. The fraction of sp³-hybridized carbons (Fsp3) is 0.333. The minimum absolute atomic E-state index is 0.150. The molecule has 0 aromatic rings. The molecule has 0 aromatic heterocycles. The molecule has 1 rings (SSSR count). The third-order valence-corrected chi connectivity index (χ3v) is 2.75. The van der Waals surface area contributed by atoms with Crippen molar-refractivity contribution in [2.24, 2.45) is 0 Å². The molecular weight excluding hydrogens is 194 g/mol. The lowest BCUT2D eigenvalue weighted by Gasteiger charge is -2.25. The Hall–Kier alpha value is 0.310. The molecule has 1 nitrogen and oxygen atoms in total. The highest BCUT2D eigenvalue weighted by atomic mass is 35.5. The van der Waals surface area contributed by atoms with Crippen LogP contribution in [0.5, 0.6) is 0 Å². The second-order valence-corrected chi connectivity index (χ2v) is 3.43. The van der Waals surface area contributed by atoms with Gasteiger partial charge in [0.05, 0.1) is 5.03 Å². The van der Waals surface area contributed by atoms with Crippen LogP contribution in [0.3, 0.4) is 0 Å². The SMILES string of the molecule is O[C@]1(Cl)C(Cl)=CC=C[C@@H]1Cl. The molecule has 2 atom stereocenters. The highest BCUT2D eigenvalue weighted by molar-refractivity contribution is 6.42. The van der Waals surface area contributed by atoms with Gasteiger partial charge in [-0.05, 0) is 6.08 Å². The van der Waals surface area contributed by atoms with Crippen molar-refractivity contribution in [3.05, 3.63) is 23.3 Å². The number of halogens is 3. The molecule has 0 aliphatic heterocycles. The number of rotatable bonds is 0. The maximum atomic E-state index is 9.29. The zero-order valence-electron chi connectivity index (χ0n) is 4.89. The Balaban J connectivity index is 2.93. The van der Waals surface area contributed by atoms with Crippen LogP contribution in [0.2, 0.25) is 0 Å². The lowest BCUT2D eigenvalue weighted by molar-refractivity contribution is 0.180. The Bertz CT molecular complexity index is 195. The van der Waals surface area contributed by atoms with Crippen molar-refractivity contribution >= 4 is 34.8 Å². The number of aliphatic hydroxyl groups is 1. The molecule has 0 spiro atoms. The van der Waals surface area contributed by atoms with E-state index in [1.165, 1.54) is 6.08 Å². The Morgan fingerprint density at radius 3 is 2.60 bits per heavy atom. The summed E-state index contributed by atoms with van der Waals surface area (Å²) in [7, 11) is 0. The van der Waals surface area contributed by atoms with Gasteiger partial charge in [-0.25, -0.2) is 0 Å². The molecule has 0 unspecified atom stereocenters. The fourth-order valence-corrected chi connectivity index (χ4v) is 1.20. The third-order valence-electron chi connectivity index (χ3n) is 1.22. The third kappa shape index (κ3) is 1.32. The molecule has 0 bridgehead atoms. The van der Waals surface area contributed by atoms with E-state index in [1.54, 1.807) is 12.2 Å². The molecular formula is C6H5Cl3O. The van der Waals surface area contributed by atoms with Gasteiger partial charge in [-0.3, -0.25) is 0 Å². The van der Waals surface area contributed by atoms with Gasteiger partial charge in [-0.1, -0.05) is 35.4 Å². The van der Waals surface area contributed by atoms with Gasteiger partial charge < -0.3 is 5.11 Å². The minimum atomic E-state index is -1.63. The highest BCUT2D eigenvalue weighted by Crippen LogP contribution is 2.35. The van der Waals surface area contributed by atoms with E-state index in [9.17, 15) is 5.11 Å². The molecule has 4 heteroatoms. The van der Waals surface area contributed by atoms with Crippen LogP contribution in [0.4, 0.5) is 0 Å². The van der Waals surface area contributed by atoms with Crippen molar-refractivity contribution in [1.29, 1.82) is 0 Å². The molecule has 10 heavy (non-hydrogen) atoms. The van der Waals surface area contributed by atoms with Crippen molar-refractivity contribution in [2.75, 3.05) is 0 Å². The topological polar surface area (TPSA) is 20.2 Å². The quantitative estimate of drug-likeness (QED) is 0.593. The Morgan fingerprint density at radius 2 is 2.20 bits per heavy atom. The average Bonchev–Trinajstić information content (AvgIpc) is 1.84. The van der Waals surface area contributed by atoms with Crippen molar-refractivity contribution in [1.82, 2.24) is 0 Å². The van der Waals surface area contributed by atoms with Crippen LogP contribution in [0.25, 0.3) is 0 Å². The van der Waals surface area contributed by atoms with Crippen molar-refractivity contribution < 1.29 is 5.11 Å². The van der Waals surface area contributed by atoms with E-state index in [0.29, 0.717) is 0 Å². The maximum Gasteiger partial charge on any atom is 0.195 e. The number of hydrogen-bond acceptors (Lipinski definition) is 1. The van der Waals surface area contributed by atoms with Crippen molar-refractivity contribution in [2.45, 2.75) is 10.4 Å². The summed E-state index contributed by atoms with van der Waals surface area (Å²) in [5, 5.41) is 7.16.